The van der Waals surface area contributed by atoms with Gasteiger partial charge in [-0.3, -0.25) is 9.48 Å². The van der Waals surface area contributed by atoms with Gasteiger partial charge < -0.3 is 10.6 Å². The average molecular weight is 257 g/mol. The number of rotatable bonds is 5. The van der Waals surface area contributed by atoms with Crippen molar-refractivity contribution in [1.29, 1.82) is 0 Å². The van der Waals surface area contributed by atoms with Crippen molar-refractivity contribution in [3.63, 3.8) is 0 Å². The molecule has 1 aromatic heterocycles. The van der Waals surface area contributed by atoms with Crippen LogP contribution in [0.2, 0.25) is 5.02 Å². The van der Waals surface area contributed by atoms with Crippen LogP contribution in [-0.4, -0.2) is 46.6 Å². The number of likely N-dealkylation sites (N-methyl/N-ethyl adjacent to an activating group) is 1. The molecule has 1 aromatic rings. The van der Waals surface area contributed by atoms with Crippen LogP contribution < -0.4 is 5.73 Å². The first-order valence-electron chi connectivity index (χ1n) is 5.64. The molecule has 0 amide bonds. The summed E-state index contributed by atoms with van der Waals surface area (Å²) in [7, 11) is 3.94. The van der Waals surface area contributed by atoms with Crippen molar-refractivity contribution in [3.05, 3.63) is 16.9 Å². The summed E-state index contributed by atoms with van der Waals surface area (Å²) in [5.74, 6) is -0.0845. The van der Waals surface area contributed by atoms with Crippen LogP contribution in [0.25, 0.3) is 0 Å². The van der Waals surface area contributed by atoms with Crippen LogP contribution >= 0.6 is 11.6 Å². The maximum Gasteiger partial charge on any atom is 0.202 e. The van der Waals surface area contributed by atoms with Gasteiger partial charge in [-0.05, 0) is 26.9 Å². The summed E-state index contributed by atoms with van der Waals surface area (Å²) in [5, 5.41) is 4.53. The van der Waals surface area contributed by atoms with E-state index in [4.69, 9.17) is 17.3 Å². The molecule has 0 spiro atoms. The fourth-order valence-electron chi connectivity index (χ4n) is 1.65. The second-order valence-electron chi connectivity index (χ2n) is 4.85. The Hall–Kier alpha value is -0.910. The highest BCUT2D eigenvalue weighted by Crippen LogP contribution is 2.37. The number of ketones is 1. The van der Waals surface area contributed by atoms with E-state index in [1.807, 2.05) is 19.0 Å². The smallest absolute Gasteiger partial charge is 0.202 e. The van der Waals surface area contributed by atoms with E-state index in [0.717, 1.165) is 19.4 Å². The molecule has 0 aromatic carbocycles. The first-order chi connectivity index (χ1) is 7.94. The molecule has 0 bridgehead atoms. The van der Waals surface area contributed by atoms with Crippen molar-refractivity contribution in [1.82, 2.24) is 14.7 Å². The lowest BCUT2D eigenvalue weighted by atomic mass is 10.1. The molecule has 2 rings (SSSR count). The van der Waals surface area contributed by atoms with Gasteiger partial charge in [-0.15, -0.1) is 0 Å². The minimum atomic E-state index is -0.695. The van der Waals surface area contributed by atoms with Gasteiger partial charge in [0.15, 0.2) is 0 Å². The summed E-state index contributed by atoms with van der Waals surface area (Å²) in [6, 6.07) is 0. The van der Waals surface area contributed by atoms with Crippen molar-refractivity contribution >= 4 is 17.4 Å². The highest BCUT2D eigenvalue weighted by atomic mass is 35.5. The standard InChI is InChI=1S/C11H17ClN4O/c1-15(2)5-6-16-9(8(12)7-14-16)10(17)11(13)3-4-11/h7H,3-6,13H2,1-2H3. The molecule has 17 heavy (non-hydrogen) atoms. The fraction of sp³-hybridized carbons (Fsp3) is 0.636. The quantitative estimate of drug-likeness (QED) is 0.791. The maximum atomic E-state index is 12.2. The van der Waals surface area contributed by atoms with E-state index < -0.39 is 5.54 Å². The van der Waals surface area contributed by atoms with E-state index in [2.05, 4.69) is 5.10 Å². The van der Waals surface area contributed by atoms with Gasteiger partial charge >= 0.3 is 0 Å². The Bertz CT molecular complexity index is 437. The molecule has 1 heterocycles. The Kier molecular flexibility index (Phi) is 3.25. The summed E-state index contributed by atoms with van der Waals surface area (Å²) >= 11 is 6.02. The molecule has 0 aliphatic heterocycles. The largest absolute Gasteiger partial charge is 0.319 e. The zero-order chi connectivity index (χ0) is 12.6. The third-order valence-electron chi connectivity index (χ3n) is 3.01. The number of halogens is 1. The van der Waals surface area contributed by atoms with E-state index in [9.17, 15) is 4.79 Å². The number of Topliss-reactive ketones (excluding diaryl/α,β-unsaturated/α-hetero) is 1. The molecule has 1 aliphatic carbocycles. The van der Waals surface area contributed by atoms with Crippen molar-refractivity contribution in [3.8, 4) is 0 Å². The number of hydrogen-bond acceptors (Lipinski definition) is 4. The SMILES string of the molecule is CN(C)CCn1ncc(Cl)c1C(=O)C1(N)CC1. The van der Waals surface area contributed by atoms with Gasteiger partial charge in [-0.2, -0.15) is 5.10 Å². The highest BCUT2D eigenvalue weighted by Gasteiger charge is 2.47. The molecule has 0 radical (unpaired) electrons. The Labute approximate surface area is 106 Å². The molecule has 0 saturated heterocycles. The van der Waals surface area contributed by atoms with Crippen LogP contribution in [0.5, 0.6) is 0 Å². The summed E-state index contributed by atoms with van der Waals surface area (Å²) in [6.45, 7) is 1.44. The van der Waals surface area contributed by atoms with Gasteiger partial charge in [0, 0.05) is 6.54 Å². The predicted octanol–water partition coefficient (Wildman–Crippen LogP) is 0.772. The number of aromatic nitrogens is 2. The minimum Gasteiger partial charge on any atom is -0.319 e. The normalized spacial score (nSPS) is 17.5. The Morgan fingerprint density at radius 1 is 1.65 bits per heavy atom. The monoisotopic (exact) mass is 256 g/mol. The van der Waals surface area contributed by atoms with Crippen LogP contribution in [0.15, 0.2) is 6.20 Å². The molecular formula is C11H17ClN4O. The minimum absolute atomic E-state index is 0.0845. The van der Waals surface area contributed by atoms with Crippen LogP contribution in [-0.2, 0) is 6.54 Å². The molecule has 94 valence electrons. The van der Waals surface area contributed by atoms with Gasteiger partial charge in [-0.1, -0.05) is 11.6 Å². The zero-order valence-corrected chi connectivity index (χ0v) is 10.9. The Morgan fingerprint density at radius 2 is 2.29 bits per heavy atom. The van der Waals surface area contributed by atoms with E-state index in [0.29, 0.717) is 17.3 Å². The molecule has 1 fully saturated rings. The average Bonchev–Trinajstić information content (AvgIpc) is 2.90. The number of carbonyl (C=O) groups is 1. The molecule has 6 heteroatoms. The van der Waals surface area contributed by atoms with Crippen molar-refractivity contribution in [2.24, 2.45) is 5.73 Å². The maximum absolute atomic E-state index is 12.2. The van der Waals surface area contributed by atoms with Crippen LogP contribution in [0.3, 0.4) is 0 Å². The molecule has 1 aliphatic rings. The second-order valence-corrected chi connectivity index (χ2v) is 5.26. The van der Waals surface area contributed by atoms with Gasteiger partial charge in [-0.25, -0.2) is 0 Å². The van der Waals surface area contributed by atoms with Gasteiger partial charge in [0.1, 0.15) is 5.69 Å². The Balaban J connectivity index is 2.20. The number of hydrogen-bond donors (Lipinski definition) is 1. The highest BCUT2D eigenvalue weighted by molar-refractivity contribution is 6.34. The van der Waals surface area contributed by atoms with E-state index in [1.54, 1.807) is 4.68 Å². The van der Waals surface area contributed by atoms with Crippen LogP contribution in [0.1, 0.15) is 23.3 Å². The number of nitrogens with two attached hydrogens (primary N) is 1. The molecule has 2 N–H and O–H groups in total. The van der Waals surface area contributed by atoms with Gasteiger partial charge in [0.05, 0.1) is 23.3 Å². The van der Waals surface area contributed by atoms with Crippen molar-refractivity contribution in [2.75, 3.05) is 20.6 Å². The first kappa shape index (κ1) is 12.5. The van der Waals surface area contributed by atoms with E-state index in [1.165, 1.54) is 6.20 Å². The zero-order valence-electron chi connectivity index (χ0n) is 10.1. The van der Waals surface area contributed by atoms with Gasteiger partial charge in [0.2, 0.25) is 5.78 Å². The molecular weight excluding hydrogens is 240 g/mol. The topological polar surface area (TPSA) is 64.2 Å². The van der Waals surface area contributed by atoms with Crippen LogP contribution in [0, 0.1) is 0 Å². The summed E-state index contributed by atoms with van der Waals surface area (Å²) < 4.78 is 1.65. The summed E-state index contributed by atoms with van der Waals surface area (Å²) in [6.07, 6.45) is 2.98. The molecule has 5 nitrogen and oxygen atoms in total. The molecule has 0 atom stereocenters. The molecule has 0 unspecified atom stereocenters. The summed E-state index contributed by atoms with van der Waals surface area (Å²) in [4.78, 5) is 14.2. The third kappa shape index (κ3) is 2.51. The predicted molar refractivity (Wildman–Crippen MR) is 66.3 cm³/mol. The fourth-order valence-corrected chi connectivity index (χ4v) is 1.88. The van der Waals surface area contributed by atoms with Crippen LogP contribution in [0.4, 0.5) is 0 Å². The van der Waals surface area contributed by atoms with Crippen molar-refractivity contribution in [2.45, 2.75) is 24.9 Å². The first-order valence-corrected chi connectivity index (χ1v) is 6.01. The number of nitrogens with zero attached hydrogens (tertiary/aromatic N) is 3. The van der Waals surface area contributed by atoms with Crippen molar-refractivity contribution < 1.29 is 4.79 Å². The lowest BCUT2D eigenvalue weighted by molar-refractivity contribution is 0.0938. The second kappa shape index (κ2) is 4.40. The van der Waals surface area contributed by atoms with E-state index in [-0.39, 0.29) is 5.78 Å². The van der Waals surface area contributed by atoms with E-state index >= 15 is 0 Å². The van der Waals surface area contributed by atoms with Gasteiger partial charge in [0.25, 0.3) is 0 Å². The summed E-state index contributed by atoms with van der Waals surface area (Å²) in [5.41, 5.74) is 5.67. The number of carbonyl (C=O) groups excluding carboxylic acids is 1. The lowest BCUT2D eigenvalue weighted by Crippen LogP contribution is -2.35. The molecule has 1 saturated carbocycles. The lowest BCUT2D eigenvalue weighted by Gasteiger charge is -2.13. The third-order valence-corrected chi connectivity index (χ3v) is 3.29. The Morgan fingerprint density at radius 3 is 2.82 bits per heavy atom.